The molecule has 1 aliphatic heterocycles. The highest BCUT2D eigenvalue weighted by atomic mass is 15.1. The van der Waals surface area contributed by atoms with Crippen LogP contribution in [0.2, 0.25) is 0 Å². The smallest absolute Gasteiger partial charge is 0.0173 e. The second-order valence-corrected chi connectivity index (χ2v) is 5.86. The van der Waals surface area contributed by atoms with Crippen LogP contribution in [0, 0.1) is 0 Å². The predicted octanol–water partition coefficient (Wildman–Crippen LogP) is 5.07. The van der Waals surface area contributed by atoms with Crippen molar-refractivity contribution in [2.24, 2.45) is 0 Å². The number of benzene rings is 2. The van der Waals surface area contributed by atoms with Gasteiger partial charge in [0, 0.05) is 19.0 Å². The van der Waals surface area contributed by atoms with Crippen molar-refractivity contribution in [3.63, 3.8) is 0 Å². The van der Waals surface area contributed by atoms with E-state index in [-0.39, 0.29) is 0 Å². The normalized spacial score (nSPS) is 16.5. The van der Waals surface area contributed by atoms with Gasteiger partial charge in [-0.3, -0.25) is 0 Å². The van der Waals surface area contributed by atoms with E-state index in [2.05, 4.69) is 78.7 Å². The van der Waals surface area contributed by atoms with Crippen LogP contribution in [0.15, 0.2) is 66.9 Å². The summed E-state index contributed by atoms with van der Waals surface area (Å²) in [6, 6.07) is 19.5. The molecule has 0 aliphatic carbocycles. The monoisotopic (exact) mass is 277 g/mol. The highest BCUT2D eigenvalue weighted by molar-refractivity contribution is 5.63. The summed E-state index contributed by atoms with van der Waals surface area (Å²) in [6.45, 7) is 4.70. The second kappa shape index (κ2) is 6.62. The number of hydrogen-bond donors (Lipinski definition) is 0. The number of likely N-dealkylation sites (tertiary alicyclic amines) is 1. The SMILES string of the molecule is CC(C=CN1CCCC1)c1ccc(-c2ccccc2)cc1. The van der Waals surface area contributed by atoms with Gasteiger partial charge >= 0.3 is 0 Å². The molecule has 1 atom stereocenters. The molecule has 3 rings (SSSR count). The van der Waals surface area contributed by atoms with Crippen LogP contribution in [0.1, 0.15) is 31.2 Å². The number of rotatable bonds is 4. The number of allylic oxidation sites excluding steroid dienone is 1. The second-order valence-electron chi connectivity index (χ2n) is 5.86. The number of nitrogens with zero attached hydrogens (tertiary/aromatic N) is 1. The molecule has 108 valence electrons. The standard InChI is InChI=1S/C20H23N/c1-17(13-16-21-14-5-6-15-21)18-9-11-20(12-10-18)19-7-3-2-4-8-19/h2-4,7-13,16-17H,5-6,14-15H2,1H3. The molecular formula is C20H23N. The molecule has 0 aromatic heterocycles. The molecule has 0 radical (unpaired) electrons. The molecule has 1 saturated heterocycles. The molecule has 0 spiro atoms. The Labute approximate surface area is 127 Å². The maximum Gasteiger partial charge on any atom is 0.0173 e. The fourth-order valence-electron chi connectivity index (χ4n) is 2.86. The van der Waals surface area contributed by atoms with Crippen LogP contribution in [0.4, 0.5) is 0 Å². The summed E-state index contributed by atoms with van der Waals surface area (Å²) in [7, 11) is 0. The zero-order valence-corrected chi connectivity index (χ0v) is 12.7. The van der Waals surface area contributed by atoms with E-state index in [4.69, 9.17) is 0 Å². The average molecular weight is 277 g/mol. The van der Waals surface area contributed by atoms with Crippen LogP contribution in [0.3, 0.4) is 0 Å². The lowest BCUT2D eigenvalue weighted by molar-refractivity contribution is 0.465. The molecule has 0 bridgehead atoms. The van der Waals surface area contributed by atoms with Gasteiger partial charge in [0.15, 0.2) is 0 Å². The molecule has 2 aromatic rings. The zero-order valence-electron chi connectivity index (χ0n) is 12.7. The summed E-state index contributed by atoms with van der Waals surface area (Å²) in [5.74, 6) is 0.468. The molecular weight excluding hydrogens is 254 g/mol. The van der Waals surface area contributed by atoms with Gasteiger partial charge in [-0.2, -0.15) is 0 Å². The lowest BCUT2D eigenvalue weighted by Gasteiger charge is -2.13. The van der Waals surface area contributed by atoms with Crippen molar-refractivity contribution in [3.8, 4) is 11.1 Å². The lowest BCUT2D eigenvalue weighted by atomic mass is 9.97. The van der Waals surface area contributed by atoms with Gasteiger partial charge < -0.3 is 4.90 Å². The summed E-state index contributed by atoms with van der Waals surface area (Å²) in [5, 5.41) is 0. The predicted molar refractivity (Wildman–Crippen MR) is 90.2 cm³/mol. The molecule has 1 heteroatoms. The minimum atomic E-state index is 0.468. The van der Waals surface area contributed by atoms with Gasteiger partial charge in [0.05, 0.1) is 0 Å². The van der Waals surface area contributed by atoms with Crippen LogP contribution in [0.5, 0.6) is 0 Å². The Morgan fingerprint density at radius 3 is 2.14 bits per heavy atom. The molecule has 0 N–H and O–H groups in total. The van der Waals surface area contributed by atoms with Gasteiger partial charge in [-0.1, -0.05) is 67.6 Å². The fraction of sp³-hybridized carbons (Fsp3) is 0.300. The zero-order chi connectivity index (χ0) is 14.5. The third-order valence-corrected chi connectivity index (χ3v) is 4.27. The Bertz CT molecular complexity index is 577. The molecule has 2 aromatic carbocycles. The Kier molecular flexibility index (Phi) is 4.40. The first-order valence-electron chi connectivity index (χ1n) is 7.91. The fourth-order valence-corrected chi connectivity index (χ4v) is 2.86. The lowest BCUT2D eigenvalue weighted by Crippen LogP contribution is -2.10. The van der Waals surface area contributed by atoms with E-state index in [0.717, 1.165) is 0 Å². The summed E-state index contributed by atoms with van der Waals surface area (Å²) in [4.78, 5) is 2.43. The van der Waals surface area contributed by atoms with Crippen LogP contribution >= 0.6 is 0 Å². The van der Waals surface area contributed by atoms with Crippen molar-refractivity contribution >= 4 is 0 Å². The molecule has 1 nitrogen and oxygen atoms in total. The van der Waals surface area contributed by atoms with Crippen molar-refractivity contribution in [1.29, 1.82) is 0 Å². The molecule has 1 heterocycles. The molecule has 1 aliphatic rings. The first kappa shape index (κ1) is 13.9. The van der Waals surface area contributed by atoms with Crippen LogP contribution in [-0.2, 0) is 0 Å². The summed E-state index contributed by atoms with van der Waals surface area (Å²) < 4.78 is 0. The molecule has 1 unspecified atom stereocenters. The van der Waals surface area contributed by atoms with Crippen LogP contribution < -0.4 is 0 Å². The maximum atomic E-state index is 2.43. The van der Waals surface area contributed by atoms with E-state index in [9.17, 15) is 0 Å². The van der Waals surface area contributed by atoms with E-state index in [1.54, 1.807) is 0 Å². The summed E-state index contributed by atoms with van der Waals surface area (Å²) in [6.07, 6.45) is 7.28. The molecule has 21 heavy (non-hydrogen) atoms. The Morgan fingerprint density at radius 2 is 1.48 bits per heavy atom. The van der Waals surface area contributed by atoms with E-state index < -0.39 is 0 Å². The minimum absolute atomic E-state index is 0.468. The van der Waals surface area contributed by atoms with E-state index in [1.807, 2.05) is 0 Å². The Hall–Kier alpha value is -2.02. The quantitative estimate of drug-likeness (QED) is 0.754. The van der Waals surface area contributed by atoms with Gasteiger partial charge in [0.2, 0.25) is 0 Å². The van der Waals surface area contributed by atoms with Crippen LogP contribution in [-0.4, -0.2) is 18.0 Å². The number of hydrogen-bond acceptors (Lipinski definition) is 1. The van der Waals surface area contributed by atoms with E-state index >= 15 is 0 Å². The molecule has 1 fully saturated rings. The average Bonchev–Trinajstić information content (AvgIpc) is 3.07. The van der Waals surface area contributed by atoms with Crippen molar-refractivity contribution in [1.82, 2.24) is 4.90 Å². The Balaban J connectivity index is 1.68. The van der Waals surface area contributed by atoms with Gasteiger partial charge in [-0.15, -0.1) is 0 Å². The third kappa shape index (κ3) is 3.55. The highest BCUT2D eigenvalue weighted by Crippen LogP contribution is 2.23. The van der Waals surface area contributed by atoms with Gasteiger partial charge in [-0.25, -0.2) is 0 Å². The van der Waals surface area contributed by atoms with Crippen molar-refractivity contribution in [3.05, 3.63) is 72.4 Å². The maximum absolute atomic E-state index is 2.43. The van der Waals surface area contributed by atoms with Crippen molar-refractivity contribution < 1.29 is 0 Å². The first-order valence-corrected chi connectivity index (χ1v) is 7.91. The van der Waals surface area contributed by atoms with Crippen molar-refractivity contribution in [2.75, 3.05) is 13.1 Å². The topological polar surface area (TPSA) is 3.24 Å². The first-order chi connectivity index (χ1) is 10.3. The minimum Gasteiger partial charge on any atom is -0.378 e. The van der Waals surface area contributed by atoms with Crippen LogP contribution in [0.25, 0.3) is 11.1 Å². The van der Waals surface area contributed by atoms with Crippen molar-refractivity contribution in [2.45, 2.75) is 25.7 Å². The summed E-state index contributed by atoms with van der Waals surface area (Å²) in [5.41, 5.74) is 3.95. The third-order valence-electron chi connectivity index (χ3n) is 4.27. The summed E-state index contributed by atoms with van der Waals surface area (Å²) >= 11 is 0. The highest BCUT2D eigenvalue weighted by Gasteiger charge is 2.08. The Morgan fingerprint density at radius 1 is 0.857 bits per heavy atom. The molecule has 0 saturated carbocycles. The van der Waals surface area contributed by atoms with Gasteiger partial charge in [0.1, 0.15) is 0 Å². The largest absolute Gasteiger partial charge is 0.378 e. The van der Waals surface area contributed by atoms with E-state index in [0.29, 0.717) is 5.92 Å². The van der Waals surface area contributed by atoms with Gasteiger partial charge in [0.25, 0.3) is 0 Å². The van der Waals surface area contributed by atoms with E-state index in [1.165, 1.54) is 42.6 Å². The van der Waals surface area contributed by atoms with Gasteiger partial charge in [-0.05, 0) is 35.7 Å². The molecule has 0 amide bonds.